The standard InChI is InChI=1S/C17H24N2O/c1-12-7-8-14(11-13(12)2)17(20)19-10-4-6-16(19)15-5-3-9-18-15/h7-8,11,15-16,18H,3-6,9-10H2,1-2H3. The van der Waals surface area contributed by atoms with E-state index in [4.69, 9.17) is 0 Å². The van der Waals surface area contributed by atoms with Gasteiger partial charge in [0.1, 0.15) is 0 Å². The van der Waals surface area contributed by atoms with Crippen molar-refractivity contribution in [3.63, 3.8) is 0 Å². The van der Waals surface area contributed by atoms with E-state index < -0.39 is 0 Å². The molecule has 0 spiro atoms. The number of hydrogen-bond acceptors (Lipinski definition) is 2. The number of rotatable bonds is 2. The third-order valence-electron chi connectivity index (χ3n) is 4.88. The van der Waals surface area contributed by atoms with Crippen LogP contribution in [0.15, 0.2) is 18.2 Å². The summed E-state index contributed by atoms with van der Waals surface area (Å²) in [7, 11) is 0. The molecule has 2 aliphatic rings. The molecule has 108 valence electrons. The molecule has 1 aromatic rings. The number of aryl methyl sites for hydroxylation is 2. The van der Waals surface area contributed by atoms with Crippen LogP contribution in [0, 0.1) is 13.8 Å². The van der Waals surface area contributed by atoms with Crippen molar-refractivity contribution < 1.29 is 4.79 Å². The molecule has 2 heterocycles. The van der Waals surface area contributed by atoms with E-state index in [1.54, 1.807) is 0 Å². The number of benzene rings is 1. The van der Waals surface area contributed by atoms with Crippen LogP contribution in [0.5, 0.6) is 0 Å². The van der Waals surface area contributed by atoms with Gasteiger partial charge in [0, 0.05) is 24.2 Å². The topological polar surface area (TPSA) is 32.3 Å². The minimum atomic E-state index is 0.212. The Morgan fingerprint density at radius 3 is 2.75 bits per heavy atom. The average molecular weight is 272 g/mol. The van der Waals surface area contributed by atoms with Gasteiger partial charge in [-0.1, -0.05) is 6.07 Å². The monoisotopic (exact) mass is 272 g/mol. The van der Waals surface area contributed by atoms with Gasteiger partial charge >= 0.3 is 0 Å². The maximum absolute atomic E-state index is 12.8. The highest BCUT2D eigenvalue weighted by molar-refractivity contribution is 5.95. The van der Waals surface area contributed by atoms with Crippen LogP contribution >= 0.6 is 0 Å². The molecule has 0 radical (unpaired) electrons. The zero-order chi connectivity index (χ0) is 14.1. The maximum Gasteiger partial charge on any atom is 0.254 e. The van der Waals surface area contributed by atoms with Crippen LogP contribution in [0.2, 0.25) is 0 Å². The molecule has 0 bridgehead atoms. The Morgan fingerprint density at radius 1 is 1.20 bits per heavy atom. The van der Waals surface area contributed by atoms with Crippen LogP contribution in [-0.2, 0) is 0 Å². The van der Waals surface area contributed by atoms with E-state index in [2.05, 4.69) is 30.1 Å². The first-order chi connectivity index (χ1) is 9.66. The predicted molar refractivity (Wildman–Crippen MR) is 81.0 cm³/mol. The quantitative estimate of drug-likeness (QED) is 0.897. The molecular weight excluding hydrogens is 248 g/mol. The van der Waals surface area contributed by atoms with Crippen molar-refractivity contribution in [2.75, 3.05) is 13.1 Å². The Morgan fingerprint density at radius 2 is 2.05 bits per heavy atom. The summed E-state index contributed by atoms with van der Waals surface area (Å²) < 4.78 is 0. The second-order valence-corrected chi connectivity index (χ2v) is 6.21. The van der Waals surface area contributed by atoms with Crippen molar-refractivity contribution in [2.24, 2.45) is 0 Å². The molecule has 2 aliphatic heterocycles. The summed E-state index contributed by atoms with van der Waals surface area (Å²) in [6.07, 6.45) is 4.74. The van der Waals surface area contributed by atoms with Crippen molar-refractivity contribution in [2.45, 2.75) is 51.6 Å². The van der Waals surface area contributed by atoms with Crippen LogP contribution in [-0.4, -0.2) is 36.0 Å². The Kier molecular flexibility index (Phi) is 3.79. The Hall–Kier alpha value is -1.35. The molecule has 3 nitrogen and oxygen atoms in total. The second kappa shape index (κ2) is 5.57. The molecule has 0 aliphatic carbocycles. The molecule has 0 saturated carbocycles. The fourth-order valence-electron chi connectivity index (χ4n) is 3.54. The molecule has 1 aromatic carbocycles. The second-order valence-electron chi connectivity index (χ2n) is 6.21. The van der Waals surface area contributed by atoms with Crippen LogP contribution < -0.4 is 5.32 Å². The molecule has 1 N–H and O–H groups in total. The van der Waals surface area contributed by atoms with Crippen molar-refractivity contribution in [1.82, 2.24) is 10.2 Å². The first-order valence-corrected chi connectivity index (χ1v) is 7.78. The summed E-state index contributed by atoms with van der Waals surface area (Å²) >= 11 is 0. The van der Waals surface area contributed by atoms with Crippen LogP contribution in [0.4, 0.5) is 0 Å². The van der Waals surface area contributed by atoms with Gasteiger partial charge in [-0.3, -0.25) is 4.79 Å². The highest BCUT2D eigenvalue weighted by Crippen LogP contribution is 2.26. The number of likely N-dealkylation sites (tertiary alicyclic amines) is 1. The van der Waals surface area contributed by atoms with E-state index >= 15 is 0 Å². The summed E-state index contributed by atoms with van der Waals surface area (Å²) in [5, 5.41) is 3.56. The van der Waals surface area contributed by atoms with E-state index in [-0.39, 0.29) is 5.91 Å². The zero-order valence-electron chi connectivity index (χ0n) is 12.5. The molecule has 2 saturated heterocycles. The SMILES string of the molecule is Cc1ccc(C(=O)N2CCCC2C2CCCN2)cc1C. The van der Waals surface area contributed by atoms with Gasteiger partial charge in [-0.2, -0.15) is 0 Å². The van der Waals surface area contributed by atoms with E-state index in [1.165, 1.54) is 24.0 Å². The Balaban J connectivity index is 1.79. The van der Waals surface area contributed by atoms with Gasteiger partial charge in [-0.25, -0.2) is 0 Å². The lowest BCUT2D eigenvalue weighted by molar-refractivity contribution is 0.0711. The largest absolute Gasteiger partial charge is 0.334 e. The lowest BCUT2D eigenvalue weighted by Gasteiger charge is -2.29. The lowest BCUT2D eigenvalue weighted by atomic mass is 10.0. The van der Waals surface area contributed by atoms with Crippen molar-refractivity contribution in [3.05, 3.63) is 34.9 Å². The van der Waals surface area contributed by atoms with Gasteiger partial charge in [0.25, 0.3) is 5.91 Å². The number of hydrogen-bond donors (Lipinski definition) is 1. The molecule has 3 rings (SSSR count). The summed E-state index contributed by atoms with van der Waals surface area (Å²) in [4.78, 5) is 14.9. The van der Waals surface area contributed by atoms with Crippen molar-refractivity contribution >= 4 is 5.91 Å². The van der Waals surface area contributed by atoms with Gasteiger partial charge in [0.05, 0.1) is 0 Å². The van der Waals surface area contributed by atoms with Gasteiger partial charge in [-0.05, 0) is 69.3 Å². The fraction of sp³-hybridized carbons (Fsp3) is 0.588. The van der Waals surface area contributed by atoms with Crippen molar-refractivity contribution in [1.29, 1.82) is 0 Å². The predicted octanol–water partition coefficient (Wildman–Crippen LogP) is 2.66. The molecule has 20 heavy (non-hydrogen) atoms. The smallest absolute Gasteiger partial charge is 0.254 e. The number of amides is 1. The molecule has 2 unspecified atom stereocenters. The van der Waals surface area contributed by atoms with Crippen molar-refractivity contribution in [3.8, 4) is 0 Å². The third kappa shape index (κ3) is 2.47. The van der Waals surface area contributed by atoms with Crippen LogP contribution in [0.1, 0.15) is 47.2 Å². The fourth-order valence-corrected chi connectivity index (χ4v) is 3.54. The Bertz CT molecular complexity index is 506. The minimum Gasteiger partial charge on any atom is -0.334 e. The molecule has 0 aromatic heterocycles. The number of nitrogens with one attached hydrogen (secondary N) is 1. The lowest BCUT2D eigenvalue weighted by Crippen LogP contribution is -2.46. The number of nitrogens with zero attached hydrogens (tertiary/aromatic N) is 1. The van der Waals surface area contributed by atoms with Gasteiger partial charge in [-0.15, -0.1) is 0 Å². The molecular formula is C17H24N2O. The first kappa shape index (κ1) is 13.6. The van der Waals surface area contributed by atoms with E-state index in [0.29, 0.717) is 12.1 Å². The van der Waals surface area contributed by atoms with Gasteiger partial charge < -0.3 is 10.2 Å². The molecule has 3 heteroatoms. The number of carbonyl (C=O) groups excluding carboxylic acids is 1. The van der Waals surface area contributed by atoms with E-state index in [1.807, 2.05) is 12.1 Å². The number of carbonyl (C=O) groups is 1. The van der Waals surface area contributed by atoms with E-state index in [0.717, 1.165) is 31.5 Å². The zero-order valence-corrected chi connectivity index (χ0v) is 12.5. The van der Waals surface area contributed by atoms with Crippen LogP contribution in [0.3, 0.4) is 0 Å². The normalized spacial score (nSPS) is 26.2. The van der Waals surface area contributed by atoms with E-state index in [9.17, 15) is 4.79 Å². The van der Waals surface area contributed by atoms with Gasteiger partial charge in [0.2, 0.25) is 0 Å². The van der Waals surface area contributed by atoms with Crippen LogP contribution in [0.25, 0.3) is 0 Å². The molecule has 1 amide bonds. The summed E-state index contributed by atoms with van der Waals surface area (Å²) in [5.41, 5.74) is 3.29. The summed E-state index contributed by atoms with van der Waals surface area (Å²) in [6.45, 7) is 6.18. The average Bonchev–Trinajstić information content (AvgIpc) is 3.10. The summed E-state index contributed by atoms with van der Waals surface area (Å²) in [5.74, 6) is 0.212. The Labute approximate surface area is 121 Å². The summed E-state index contributed by atoms with van der Waals surface area (Å²) in [6, 6.07) is 6.97. The first-order valence-electron chi connectivity index (χ1n) is 7.78. The molecule has 2 fully saturated rings. The highest BCUT2D eigenvalue weighted by atomic mass is 16.2. The molecule has 2 atom stereocenters. The highest BCUT2D eigenvalue weighted by Gasteiger charge is 2.36. The third-order valence-corrected chi connectivity index (χ3v) is 4.88. The minimum absolute atomic E-state index is 0.212. The maximum atomic E-state index is 12.8. The van der Waals surface area contributed by atoms with Gasteiger partial charge in [0.15, 0.2) is 0 Å².